The predicted octanol–water partition coefficient (Wildman–Crippen LogP) is 2.96. The average Bonchev–Trinajstić information content (AvgIpc) is 2.74. The van der Waals surface area contributed by atoms with E-state index in [1.54, 1.807) is 0 Å². The number of benzene rings is 1. The van der Waals surface area contributed by atoms with E-state index in [-0.39, 0.29) is 0 Å². The van der Waals surface area contributed by atoms with Gasteiger partial charge in [-0.1, -0.05) is 42.5 Å². The third-order valence-corrected chi connectivity index (χ3v) is 5.89. The maximum Gasteiger partial charge on any atom is 0.0593 e. The first kappa shape index (κ1) is 23.0. The van der Waals surface area contributed by atoms with Crippen molar-refractivity contribution in [3.63, 3.8) is 0 Å². The summed E-state index contributed by atoms with van der Waals surface area (Å²) < 4.78 is 5.83. The lowest BCUT2D eigenvalue weighted by atomic mass is 10.1. The van der Waals surface area contributed by atoms with Crippen LogP contribution in [0.5, 0.6) is 0 Å². The molecule has 1 aromatic rings. The van der Waals surface area contributed by atoms with Crippen LogP contribution in [0.25, 0.3) is 0 Å². The average molecular weight is 413 g/mol. The first-order valence-corrected chi connectivity index (χ1v) is 11.5. The Morgan fingerprint density at radius 1 is 1.10 bits per heavy atom. The normalized spacial score (nSPS) is 22.8. The summed E-state index contributed by atoms with van der Waals surface area (Å²) in [4.78, 5) is 7.40. The van der Waals surface area contributed by atoms with Gasteiger partial charge in [0.25, 0.3) is 0 Å². The molecule has 166 valence electrons. The second-order valence-electron chi connectivity index (χ2n) is 8.76. The number of nitrogens with zero attached hydrogens (tertiary/aromatic N) is 3. The third-order valence-electron chi connectivity index (χ3n) is 5.89. The van der Waals surface area contributed by atoms with E-state index in [4.69, 9.17) is 4.74 Å². The zero-order chi connectivity index (χ0) is 21.0. The second-order valence-corrected chi connectivity index (χ2v) is 8.76. The molecule has 2 bridgehead atoms. The SMILES string of the molecule is CN(CCN1CCCCCOCCN(C)CC2C=CC=C(C1)N2)Cc1ccccc1. The molecule has 0 radical (unpaired) electrons. The molecule has 1 atom stereocenters. The highest BCUT2D eigenvalue weighted by Crippen LogP contribution is 2.10. The lowest BCUT2D eigenvalue weighted by molar-refractivity contribution is 0.107. The van der Waals surface area contributed by atoms with Crippen molar-refractivity contribution in [2.75, 3.05) is 66.6 Å². The van der Waals surface area contributed by atoms with Crippen LogP contribution < -0.4 is 5.32 Å². The van der Waals surface area contributed by atoms with Gasteiger partial charge in [-0.15, -0.1) is 0 Å². The van der Waals surface area contributed by atoms with Crippen molar-refractivity contribution in [1.29, 1.82) is 0 Å². The molecule has 30 heavy (non-hydrogen) atoms. The van der Waals surface area contributed by atoms with Gasteiger partial charge in [0.15, 0.2) is 0 Å². The Balaban J connectivity index is 1.54. The monoisotopic (exact) mass is 412 g/mol. The van der Waals surface area contributed by atoms with Crippen LogP contribution in [0.4, 0.5) is 0 Å². The van der Waals surface area contributed by atoms with Gasteiger partial charge in [-0.2, -0.15) is 0 Å². The van der Waals surface area contributed by atoms with Gasteiger partial charge in [0.1, 0.15) is 0 Å². The van der Waals surface area contributed by atoms with Crippen LogP contribution in [0, 0.1) is 0 Å². The molecule has 1 saturated heterocycles. The number of dihydropyridines is 1. The Morgan fingerprint density at radius 3 is 2.83 bits per heavy atom. The van der Waals surface area contributed by atoms with Gasteiger partial charge in [-0.3, -0.25) is 4.90 Å². The molecule has 5 heteroatoms. The molecular weight excluding hydrogens is 372 g/mol. The number of allylic oxidation sites excluding steroid dienone is 2. The predicted molar refractivity (Wildman–Crippen MR) is 126 cm³/mol. The smallest absolute Gasteiger partial charge is 0.0593 e. The Morgan fingerprint density at radius 2 is 1.97 bits per heavy atom. The highest BCUT2D eigenvalue weighted by molar-refractivity contribution is 5.21. The van der Waals surface area contributed by atoms with E-state index in [0.29, 0.717) is 6.04 Å². The lowest BCUT2D eigenvalue weighted by Gasteiger charge is -2.30. The fourth-order valence-corrected chi connectivity index (χ4v) is 4.11. The molecule has 0 saturated carbocycles. The molecule has 0 spiro atoms. The molecule has 0 aromatic heterocycles. The molecule has 1 N–H and O–H groups in total. The fourth-order valence-electron chi connectivity index (χ4n) is 4.11. The van der Waals surface area contributed by atoms with Gasteiger partial charge in [-0.25, -0.2) is 0 Å². The molecule has 0 aliphatic carbocycles. The maximum absolute atomic E-state index is 5.83. The zero-order valence-electron chi connectivity index (χ0n) is 18.9. The molecule has 2 aliphatic heterocycles. The van der Waals surface area contributed by atoms with E-state index in [0.717, 1.165) is 65.4 Å². The van der Waals surface area contributed by atoms with Crippen LogP contribution >= 0.6 is 0 Å². The number of rotatable bonds is 5. The summed E-state index contributed by atoms with van der Waals surface area (Å²) in [6.45, 7) is 9.04. The van der Waals surface area contributed by atoms with Crippen LogP contribution in [0.1, 0.15) is 24.8 Å². The van der Waals surface area contributed by atoms with Crippen LogP contribution in [0.3, 0.4) is 0 Å². The number of hydrogen-bond acceptors (Lipinski definition) is 5. The molecule has 2 aliphatic rings. The summed E-state index contributed by atoms with van der Waals surface area (Å²) in [5, 5.41) is 3.75. The van der Waals surface area contributed by atoms with Gasteiger partial charge < -0.3 is 19.9 Å². The largest absolute Gasteiger partial charge is 0.380 e. The number of hydrogen-bond donors (Lipinski definition) is 1. The summed E-state index contributed by atoms with van der Waals surface area (Å²) in [5.74, 6) is 0. The lowest BCUT2D eigenvalue weighted by Crippen LogP contribution is -2.43. The fraction of sp³-hybridized carbons (Fsp3) is 0.600. The standard InChI is InChI=1S/C25H40N4O/c1-27(20-23-10-5-3-6-11-23)15-16-29-14-7-4-8-18-30-19-17-28(2)21-24-12-9-13-25(22-29)26-24/h3,5-6,9-13,24,26H,4,7-8,14-22H2,1-2H3. The quantitative estimate of drug-likeness (QED) is 0.804. The molecule has 1 fully saturated rings. The zero-order valence-corrected chi connectivity index (χ0v) is 18.9. The molecule has 5 nitrogen and oxygen atoms in total. The molecule has 1 aromatic carbocycles. The van der Waals surface area contributed by atoms with E-state index in [9.17, 15) is 0 Å². The van der Waals surface area contributed by atoms with Crippen molar-refractivity contribution in [2.24, 2.45) is 0 Å². The molecule has 0 amide bonds. The maximum atomic E-state index is 5.83. The van der Waals surface area contributed by atoms with Gasteiger partial charge in [0, 0.05) is 51.6 Å². The van der Waals surface area contributed by atoms with Crippen LogP contribution in [-0.2, 0) is 11.3 Å². The van der Waals surface area contributed by atoms with Crippen molar-refractivity contribution in [1.82, 2.24) is 20.0 Å². The van der Waals surface area contributed by atoms with Crippen molar-refractivity contribution in [3.8, 4) is 0 Å². The van der Waals surface area contributed by atoms with Crippen LogP contribution in [0.15, 0.2) is 54.3 Å². The van der Waals surface area contributed by atoms with Crippen molar-refractivity contribution in [2.45, 2.75) is 31.8 Å². The highest BCUT2D eigenvalue weighted by atomic mass is 16.5. The molecule has 3 rings (SSSR count). The van der Waals surface area contributed by atoms with Gasteiger partial charge in [0.05, 0.1) is 12.6 Å². The van der Waals surface area contributed by atoms with E-state index < -0.39 is 0 Å². The minimum Gasteiger partial charge on any atom is -0.380 e. The van der Waals surface area contributed by atoms with Crippen LogP contribution in [-0.4, -0.2) is 87.3 Å². The first-order valence-electron chi connectivity index (χ1n) is 11.5. The summed E-state index contributed by atoms with van der Waals surface area (Å²) in [7, 11) is 4.41. The molecule has 2 heterocycles. The van der Waals surface area contributed by atoms with E-state index in [2.05, 4.69) is 82.7 Å². The minimum atomic E-state index is 0.378. The Bertz CT molecular complexity index is 660. The summed E-state index contributed by atoms with van der Waals surface area (Å²) in [6, 6.07) is 11.1. The van der Waals surface area contributed by atoms with Gasteiger partial charge in [-0.05, 0) is 51.5 Å². The first-order chi connectivity index (χ1) is 14.7. The number of ether oxygens (including phenoxy) is 1. The summed E-state index contributed by atoms with van der Waals surface area (Å²) in [5.41, 5.74) is 2.72. The van der Waals surface area contributed by atoms with Gasteiger partial charge in [0.2, 0.25) is 0 Å². The highest BCUT2D eigenvalue weighted by Gasteiger charge is 2.16. The summed E-state index contributed by atoms with van der Waals surface area (Å²) >= 11 is 0. The van der Waals surface area contributed by atoms with Crippen molar-refractivity contribution < 1.29 is 4.74 Å². The van der Waals surface area contributed by atoms with Gasteiger partial charge >= 0.3 is 0 Å². The second kappa shape index (κ2) is 12.9. The Labute approximate surface area is 183 Å². The number of fused-ring (bicyclic) bond motifs is 2. The van der Waals surface area contributed by atoms with Crippen molar-refractivity contribution in [3.05, 3.63) is 59.8 Å². The van der Waals surface area contributed by atoms with E-state index in [1.165, 1.54) is 24.1 Å². The van der Waals surface area contributed by atoms with Crippen molar-refractivity contribution >= 4 is 0 Å². The van der Waals surface area contributed by atoms with E-state index >= 15 is 0 Å². The topological polar surface area (TPSA) is 31.0 Å². The molecular formula is C25H40N4O. The summed E-state index contributed by atoms with van der Waals surface area (Å²) in [6.07, 6.45) is 10.4. The number of likely N-dealkylation sites (N-methyl/N-ethyl adjacent to an activating group) is 2. The third kappa shape index (κ3) is 8.60. The Hall–Kier alpha value is -1.66. The molecule has 1 unspecified atom stereocenters. The number of nitrogens with one attached hydrogen (secondary N) is 1. The van der Waals surface area contributed by atoms with E-state index in [1.807, 2.05) is 0 Å². The Kier molecular flexibility index (Phi) is 9.90. The van der Waals surface area contributed by atoms with Crippen LogP contribution in [0.2, 0.25) is 0 Å². The minimum absolute atomic E-state index is 0.378.